The van der Waals surface area contributed by atoms with Gasteiger partial charge in [-0.15, -0.1) is 34.0 Å². The summed E-state index contributed by atoms with van der Waals surface area (Å²) in [5.41, 5.74) is 10.6. The van der Waals surface area contributed by atoms with Crippen LogP contribution in [0.4, 0.5) is 0 Å². The number of pyridine rings is 3. The Morgan fingerprint density at radius 3 is 0.886 bits per heavy atom. The van der Waals surface area contributed by atoms with Gasteiger partial charge in [0.05, 0.1) is 28.6 Å². The molecule has 0 spiro atoms. The van der Waals surface area contributed by atoms with Crippen molar-refractivity contribution in [2.24, 2.45) is 21.1 Å². The Labute approximate surface area is 1190 Å². The molecule has 0 aliphatic carbocycles. The molecule has 11 heterocycles. The van der Waals surface area contributed by atoms with Gasteiger partial charge in [0.15, 0.2) is 0 Å². The molecule has 0 unspecified atom stereocenters. The molecule has 0 amide bonds. The van der Waals surface area contributed by atoms with E-state index in [1.54, 1.807) is 112 Å². The van der Waals surface area contributed by atoms with Crippen molar-refractivity contribution < 1.29 is 591 Å². The number of aryl methyl sites for hydroxylation is 11. The summed E-state index contributed by atoms with van der Waals surface area (Å²) in [5.74, 6) is 0. The molecule has 0 bridgehead atoms. The van der Waals surface area contributed by atoms with Crippen LogP contribution in [0.3, 0.4) is 0 Å². The fraction of sp³-hybridized carbons (Fsp3) is 0.145. The van der Waals surface area contributed by atoms with Gasteiger partial charge in [0.25, 0.3) is 0 Å². The molecule has 11 aromatic heterocycles. The predicted molar refractivity (Wildman–Crippen MR) is 455 cm³/mol. The standard InChI is InChI=1S/3C6H7N.4C4H6N2.3C4H5NS.C3H5N3.27CH3.5U.11V.11W/c1-6-2-4-7-5-3-6;1-6-3-2-4-7-5-6;1-6-4-2-3-5-7-6;1-4-2-5-6-3-4;1-6-3-2-5-4-6;1-6-4-2-3-5-6;1-4-2-3-5-6-4;1-4-2-6-3-5-4;1-4-2-5-3-6-4;1-4-5-2-3-6-4;1-6-3-4-2-5-6;;;;;;;;;;;;;;;;;;;;;;;;;;;;;;;;;;;;;;;;;;;;;;;;;;;;;;/h3*2-5H,1H3;2-3H,1H3,(H,5,6);2*2-4H,1H3;2-3H,1H3,(H,5,6);4*2-3H,1H3;27*1H3;;;;;;;;;;;;;;;;;;;;;;;;;;;/q;;;;;;;;;;;27*-1;;;;;;;;;;;;;;;;;;;;;;;;;;;. The van der Waals surface area contributed by atoms with E-state index in [4.69, 9.17) is 0 Å². The molecule has 0 aliphatic rings. The molecule has 0 saturated heterocycles. The van der Waals surface area contributed by atoms with Gasteiger partial charge < -0.3 is 205 Å². The summed E-state index contributed by atoms with van der Waals surface area (Å²) in [4.78, 5) is 32.2. The van der Waals surface area contributed by atoms with Crippen LogP contribution in [0.2, 0.25) is 0 Å². The summed E-state index contributed by atoms with van der Waals surface area (Å²) in [6, 6.07) is 17.6. The summed E-state index contributed by atoms with van der Waals surface area (Å²) in [5, 5.41) is 25.5. The van der Waals surface area contributed by atoms with Crippen molar-refractivity contribution in [3.63, 3.8) is 0 Å². The van der Waals surface area contributed by atoms with Crippen molar-refractivity contribution in [2.75, 3.05) is 0 Å². The third kappa shape index (κ3) is 276. The molecule has 123 heavy (non-hydrogen) atoms. The minimum absolute atomic E-state index is 0. The van der Waals surface area contributed by atoms with Crippen molar-refractivity contribution in [1.29, 1.82) is 0 Å². The molecule has 721 valence electrons. The van der Waals surface area contributed by atoms with Gasteiger partial charge in [-0.1, -0.05) is 12.1 Å². The first-order valence-corrected chi connectivity index (χ1v) is 23.8. The number of aromatic nitrogens is 17. The number of nitrogens with one attached hydrogen (secondary N) is 2. The van der Waals surface area contributed by atoms with Crippen LogP contribution in [0.5, 0.6) is 0 Å². The van der Waals surface area contributed by atoms with Gasteiger partial charge in [0, 0.05) is 726 Å². The van der Waals surface area contributed by atoms with Crippen LogP contribution in [-0.4, -0.2) is 84.4 Å². The van der Waals surface area contributed by atoms with Crippen LogP contribution in [0.15, 0.2) is 182 Å². The second kappa shape index (κ2) is 280. The third-order valence-electron chi connectivity index (χ3n) is 7.22. The van der Waals surface area contributed by atoms with E-state index in [2.05, 4.69) is 70.5 Å². The van der Waals surface area contributed by atoms with Crippen LogP contribution in [0.1, 0.15) is 43.7 Å². The molecule has 47 heteroatoms. The summed E-state index contributed by atoms with van der Waals surface area (Å²) < 4.78 is 5.28. The second-order valence-electron chi connectivity index (χ2n) is 13.8. The van der Waals surface area contributed by atoms with Crippen molar-refractivity contribution in [1.82, 2.24) is 84.4 Å². The average molecular weight is 5170 g/mol. The third-order valence-corrected chi connectivity index (χ3v) is 9.33. The monoisotopic (exact) mass is 5170 g/mol. The average Bonchev–Trinajstić information content (AvgIpc) is 4.18. The Balaban J connectivity index is -0.00000000785. The van der Waals surface area contributed by atoms with Gasteiger partial charge in [-0.05, 0) is 115 Å². The molecule has 11 rings (SSSR count). The smallest absolute Gasteiger partial charge is 0.137 e. The first-order chi connectivity index (χ1) is 33.3. The Kier molecular flexibility index (Phi) is 842. The number of hydrogen-bond acceptors (Lipinski definition) is 15. The summed E-state index contributed by atoms with van der Waals surface area (Å²) in [6.07, 6.45) is 30.1. The molecule has 11 radical (unpaired) electrons. The van der Waals surface area contributed by atoms with E-state index in [1.165, 1.54) is 27.9 Å². The SMILES string of the molecule is Cc1ccccn1.Cc1cccnc1.Cc1ccn[nH]1.Cc1ccncc1.Cc1cn[nH]c1.Cc1cncs1.Cc1cscn1.Cc1nccs1.Cn1cccn1.Cn1ccnc1.Cn1cncn1.[CH3-].[CH3-].[CH3-].[CH3-].[CH3-].[CH3-].[CH3-].[CH3-].[CH3-].[CH3-].[CH3-].[CH3-].[CH3-].[CH3-].[CH3-].[CH3-].[CH3-].[CH3-].[CH3-].[CH3-].[CH3-].[CH3-].[CH3-].[CH3-].[CH3-].[CH3-].[CH3-].[U].[U].[U].[U].[U].[V].[V].[V].[V].[V].[V].[V].[V].[V].[V].[V].[W].[W].[W].[W].[W].[W].[W].[W].[W].[W].[W]. The molecule has 0 aliphatic heterocycles. The second-order valence-corrected chi connectivity index (χ2v) is 16.7. The zero-order valence-electron chi connectivity index (χ0n) is 80.2. The largest absolute Gasteiger partial charge is 0.358 e. The zero-order chi connectivity index (χ0) is 50.6. The first-order valence-electron chi connectivity index (χ1n) is 21.1. The molecule has 0 atom stereocenters. The van der Waals surface area contributed by atoms with Crippen LogP contribution < -0.4 is 0 Å². The van der Waals surface area contributed by atoms with E-state index in [0.717, 1.165) is 22.1 Å². The number of imidazole rings is 1. The number of H-pyrrole nitrogens is 2. The van der Waals surface area contributed by atoms with E-state index in [-0.39, 0.29) is 792 Å². The normalized spacial score (nSPS) is 4.93. The Bertz CT molecular complexity index is 2240. The molecule has 2 N–H and O–H groups in total. The minimum atomic E-state index is 0. The number of aromatic amines is 2. The predicted octanol–water partition coefficient (Wildman–Crippen LogP) is 22.7. The van der Waals surface area contributed by atoms with Crippen molar-refractivity contribution in [3.05, 3.63) is 426 Å². The number of hydrogen-bond donors (Lipinski definition) is 2. The van der Waals surface area contributed by atoms with Crippen molar-refractivity contribution in [3.8, 4) is 0 Å². The van der Waals surface area contributed by atoms with E-state index in [1.807, 2.05) is 188 Å². The maximum atomic E-state index is 3.98. The summed E-state index contributed by atoms with van der Waals surface area (Å²) in [6.45, 7) is 16.0. The molecule has 0 aromatic carbocycles. The van der Waals surface area contributed by atoms with E-state index in [9.17, 15) is 0 Å². The van der Waals surface area contributed by atoms with Crippen LogP contribution in [0.25, 0.3) is 0 Å². The summed E-state index contributed by atoms with van der Waals surface area (Å²) in [7, 11) is 5.65. The maximum Gasteiger partial charge on any atom is 0.137 e. The quantitative estimate of drug-likeness (QED) is 0.136. The van der Waals surface area contributed by atoms with E-state index in [0.29, 0.717) is 0 Å². The van der Waals surface area contributed by atoms with E-state index < -0.39 is 0 Å². The molecule has 0 saturated carbocycles. The molecule has 11 aromatic rings. The van der Waals surface area contributed by atoms with Gasteiger partial charge in [-0.2, -0.15) is 20.4 Å². The van der Waals surface area contributed by atoms with Gasteiger partial charge in [0.1, 0.15) is 12.7 Å². The fourth-order valence-electron chi connectivity index (χ4n) is 3.75. The van der Waals surface area contributed by atoms with Crippen LogP contribution >= 0.6 is 34.0 Å². The minimum Gasteiger partial charge on any atom is -0.358 e. The van der Waals surface area contributed by atoms with Crippen molar-refractivity contribution >= 4 is 34.0 Å². The maximum absolute atomic E-state index is 3.98. The molecule has 17 nitrogen and oxygen atoms in total. The fourth-order valence-corrected chi connectivity index (χ4v) is 5.14. The van der Waals surface area contributed by atoms with E-state index >= 15 is 0 Å². The Morgan fingerprint density at radius 2 is 0.772 bits per heavy atom. The van der Waals surface area contributed by atoms with Crippen molar-refractivity contribution in [2.45, 2.75) is 55.4 Å². The van der Waals surface area contributed by atoms with Gasteiger partial charge in [-0.3, -0.25) is 49.5 Å². The number of thiazole rings is 3. The van der Waals surface area contributed by atoms with Crippen LogP contribution in [-0.2, 0) is 457 Å². The number of nitrogens with zero attached hydrogens (tertiary/aromatic N) is 15. The molecular formula is C76H146N17S3U5V11W11-27. The van der Waals surface area contributed by atoms with Gasteiger partial charge in [-0.25, -0.2) is 9.97 Å². The molecular weight excluding hydrogens is 5020 g/mol. The number of rotatable bonds is 0. The Morgan fingerprint density at radius 1 is 0.317 bits per heavy atom. The topological polar surface area (TPSA) is 201 Å². The van der Waals surface area contributed by atoms with Crippen LogP contribution in [0, 0.1) is 411 Å². The van der Waals surface area contributed by atoms with Gasteiger partial charge in [0.2, 0.25) is 0 Å². The van der Waals surface area contributed by atoms with Gasteiger partial charge >= 0.3 is 0 Å². The zero-order valence-corrected chi connectivity index (χ0v) is 151. The Hall–Kier alpha value is 11.6. The summed E-state index contributed by atoms with van der Waals surface area (Å²) >= 11 is 4.96. The first kappa shape index (κ1) is 370. The molecule has 0 fully saturated rings.